The van der Waals surface area contributed by atoms with Crippen LogP contribution in [0.3, 0.4) is 0 Å². The summed E-state index contributed by atoms with van der Waals surface area (Å²) >= 11 is 0. The molecule has 0 aliphatic rings. The number of rotatable bonds is 4. The van der Waals surface area contributed by atoms with Gasteiger partial charge in [0, 0.05) is 0 Å². The van der Waals surface area contributed by atoms with E-state index in [9.17, 15) is 0 Å². The molecule has 0 radical (unpaired) electrons. The SMILES string of the molecule is CCNC(c1cccc(C)c1)c1ccccc1C. The van der Waals surface area contributed by atoms with Crippen LogP contribution in [0.1, 0.15) is 35.2 Å². The fraction of sp³-hybridized carbons (Fsp3) is 0.294. The molecule has 1 atom stereocenters. The molecular formula is C17H21N. The fourth-order valence-corrected chi connectivity index (χ4v) is 2.37. The molecule has 0 bridgehead atoms. The van der Waals surface area contributed by atoms with E-state index in [1.54, 1.807) is 0 Å². The molecule has 0 aliphatic carbocycles. The first kappa shape index (κ1) is 12.8. The van der Waals surface area contributed by atoms with E-state index in [4.69, 9.17) is 0 Å². The third-order valence-corrected chi connectivity index (χ3v) is 3.28. The van der Waals surface area contributed by atoms with E-state index < -0.39 is 0 Å². The van der Waals surface area contributed by atoms with Crippen molar-refractivity contribution in [3.05, 3.63) is 70.8 Å². The summed E-state index contributed by atoms with van der Waals surface area (Å²) in [6.45, 7) is 7.44. The highest BCUT2D eigenvalue weighted by Gasteiger charge is 2.14. The van der Waals surface area contributed by atoms with E-state index in [0.717, 1.165) is 6.54 Å². The zero-order valence-corrected chi connectivity index (χ0v) is 11.4. The van der Waals surface area contributed by atoms with Gasteiger partial charge < -0.3 is 5.32 Å². The zero-order chi connectivity index (χ0) is 13.0. The number of aryl methyl sites for hydroxylation is 2. The predicted molar refractivity (Wildman–Crippen MR) is 77.9 cm³/mol. The Kier molecular flexibility index (Phi) is 4.16. The largest absolute Gasteiger partial charge is 0.307 e. The highest BCUT2D eigenvalue weighted by Crippen LogP contribution is 2.25. The van der Waals surface area contributed by atoms with Gasteiger partial charge >= 0.3 is 0 Å². The maximum atomic E-state index is 3.58. The number of benzene rings is 2. The van der Waals surface area contributed by atoms with Crippen molar-refractivity contribution >= 4 is 0 Å². The fourth-order valence-electron chi connectivity index (χ4n) is 2.37. The van der Waals surface area contributed by atoms with Gasteiger partial charge in [0.05, 0.1) is 6.04 Å². The highest BCUT2D eigenvalue weighted by atomic mass is 14.9. The minimum atomic E-state index is 0.288. The van der Waals surface area contributed by atoms with Gasteiger partial charge in [0.1, 0.15) is 0 Å². The first-order valence-electron chi connectivity index (χ1n) is 6.58. The molecule has 94 valence electrons. The van der Waals surface area contributed by atoms with Crippen LogP contribution in [0.2, 0.25) is 0 Å². The molecule has 0 heterocycles. The molecule has 2 rings (SSSR count). The van der Waals surface area contributed by atoms with Crippen molar-refractivity contribution in [1.82, 2.24) is 5.32 Å². The summed E-state index contributed by atoms with van der Waals surface area (Å²) in [6.07, 6.45) is 0. The monoisotopic (exact) mass is 239 g/mol. The summed E-state index contributed by atoms with van der Waals surface area (Å²) in [5.74, 6) is 0. The minimum absolute atomic E-state index is 0.288. The summed E-state index contributed by atoms with van der Waals surface area (Å²) < 4.78 is 0. The van der Waals surface area contributed by atoms with Gasteiger partial charge in [0.25, 0.3) is 0 Å². The molecule has 1 N–H and O–H groups in total. The molecule has 2 aromatic carbocycles. The Hall–Kier alpha value is -1.60. The van der Waals surface area contributed by atoms with E-state index in [1.807, 2.05) is 0 Å². The second-order valence-corrected chi connectivity index (χ2v) is 4.76. The third kappa shape index (κ3) is 2.80. The van der Waals surface area contributed by atoms with E-state index in [-0.39, 0.29) is 6.04 Å². The molecule has 2 aromatic rings. The lowest BCUT2D eigenvalue weighted by atomic mass is 9.94. The third-order valence-electron chi connectivity index (χ3n) is 3.28. The second kappa shape index (κ2) is 5.83. The van der Waals surface area contributed by atoms with Crippen LogP contribution in [0.15, 0.2) is 48.5 Å². The normalized spacial score (nSPS) is 12.4. The van der Waals surface area contributed by atoms with Crippen LogP contribution in [0, 0.1) is 13.8 Å². The van der Waals surface area contributed by atoms with E-state index in [1.165, 1.54) is 22.3 Å². The minimum Gasteiger partial charge on any atom is -0.307 e. The van der Waals surface area contributed by atoms with Crippen molar-refractivity contribution in [2.75, 3.05) is 6.54 Å². The van der Waals surface area contributed by atoms with E-state index >= 15 is 0 Å². The van der Waals surface area contributed by atoms with Crippen LogP contribution in [0.4, 0.5) is 0 Å². The van der Waals surface area contributed by atoms with Crippen molar-refractivity contribution in [3.8, 4) is 0 Å². The summed E-state index contributed by atoms with van der Waals surface area (Å²) in [5.41, 5.74) is 5.35. The molecule has 18 heavy (non-hydrogen) atoms. The Morgan fingerprint density at radius 3 is 2.44 bits per heavy atom. The first-order chi connectivity index (χ1) is 8.72. The molecule has 0 amide bonds. The average Bonchev–Trinajstić information content (AvgIpc) is 2.37. The van der Waals surface area contributed by atoms with Gasteiger partial charge in [-0.25, -0.2) is 0 Å². The molecule has 0 saturated carbocycles. The summed E-state index contributed by atoms with van der Waals surface area (Å²) in [5, 5.41) is 3.58. The van der Waals surface area contributed by atoms with Gasteiger partial charge in [0.2, 0.25) is 0 Å². The molecule has 0 saturated heterocycles. The maximum absolute atomic E-state index is 3.58. The quantitative estimate of drug-likeness (QED) is 0.850. The molecule has 1 nitrogen and oxygen atoms in total. The second-order valence-electron chi connectivity index (χ2n) is 4.76. The Labute approximate surface area is 110 Å². The van der Waals surface area contributed by atoms with Crippen molar-refractivity contribution in [1.29, 1.82) is 0 Å². The Morgan fingerprint density at radius 2 is 1.78 bits per heavy atom. The zero-order valence-electron chi connectivity index (χ0n) is 11.4. The number of nitrogens with one attached hydrogen (secondary N) is 1. The Morgan fingerprint density at radius 1 is 1.00 bits per heavy atom. The van der Waals surface area contributed by atoms with Crippen LogP contribution in [0.5, 0.6) is 0 Å². The number of hydrogen-bond acceptors (Lipinski definition) is 1. The molecule has 0 aromatic heterocycles. The van der Waals surface area contributed by atoms with Crippen LogP contribution in [-0.2, 0) is 0 Å². The number of hydrogen-bond donors (Lipinski definition) is 1. The van der Waals surface area contributed by atoms with Crippen molar-refractivity contribution in [3.63, 3.8) is 0 Å². The molecule has 0 aliphatic heterocycles. The summed E-state index contributed by atoms with van der Waals surface area (Å²) in [4.78, 5) is 0. The van der Waals surface area contributed by atoms with Gasteiger partial charge in [-0.05, 0) is 37.1 Å². The van der Waals surface area contributed by atoms with Gasteiger partial charge in [0.15, 0.2) is 0 Å². The smallest absolute Gasteiger partial charge is 0.0579 e. The van der Waals surface area contributed by atoms with Crippen LogP contribution >= 0.6 is 0 Å². The van der Waals surface area contributed by atoms with Crippen LogP contribution < -0.4 is 5.32 Å². The standard InChI is InChI=1S/C17H21N/c1-4-18-17(15-10-7-8-13(2)12-15)16-11-6-5-9-14(16)3/h5-12,17-18H,4H2,1-3H3. The molecule has 1 unspecified atom stereocenters. The van der Waals surface area contributed by atoms with Gasteiger partial charge in [-0.3, -0.25) is 0 Å². The lowest BCUT2D eigenvalue weighted by Crippen LogP contribution is -2.22. The molecule has 0 fully saturated rings. The first-order valence-corrected chi connectivity index (χ1v) is 6.58. The van der Waals surface area contributed by atoms with Crippen LogP contribution in [-0.4, -0.2) is 6.54 Å². The lowest BCUT2D eigenvalue weighted by molar-refractivity contribution is 0.627. The van der Waals surface area contributed by atoms with Crippen molar-refractivity contribution in [2.24, 2.45) is 0 Å². The lowest BCUT2D eigenvalue weighted by Gasteiger charge is -2.21. The average molecular weight is 239 g/mol. The highest BCUT2D eigenvalue weighted by molar-refractivity contribution is 5.38. The predicted octanol–water partition coefficient (Wildman–Crippen LogP) is 4.00. The van der Waals surface area contributed by atoms with Gasteiger partial charge in [-0.2, -0.15) is 0 Å². The summed E-state index contributed by atoms with van der Waals surface area (Å²) in [7, 11) is 0. The van der Waals surface area contributed by atoms with Crippen LogP contribution in [0.25, 0.3) is 0 Å². The summed E-state index contributed by atoms with van der Waals surface area (Å²) in [6, 6.07) is 17.6. The van der Waals surface area contributed by atoms with Gasteiger partial charge in [-0.15, -0.1) is 0 Å². The maximum Gasteiger partial charge on any atom is 0.0579 e. The molecular weight excluding hydrogens is 218 g/mol. The van der Waals surface area contributed by atoms with Crippen molar-refractivity contribution < 1.29 is 0 Å². The topological polar surface area (TPSA) is 12.0 Å². The van der Waals surface area contributed by atoms with E-state index in [0.29, 0.717) is 0 Å². The van der Waals surface area contributed by atoms with Gasteiger partial charge in [-0.1, -0.05) is 61.0 Å². The van der Waals surface area contributed by atoms with Crippen molar-refractivity contribution in [2.45, 2.75) is 26.8 Å². The Bertz CT molecular complexity index is 517. The van der Waals surface area contributed by atoms with E-state index in [2.05, 4.69) is 74.6 Å². The Balaban J connectivity index is 2.43. The molecule has 0 spiro atoms. The molecule has 1 heteroatoms.